The summed E-state index contributed by atoms with van der Waals surface area (Å²) in [5.74, 6) is -6.19. The number of nitrogens with two attached hydrogens (primary N) is 1. The summed E-state index contributed by atoms with van der Waals surface area (Å²) in [4.78, 5) is 29.9. The molecule has 1 aliphatic heterocycles. The number of piperidine rings is 1. The van der Waals surface area contributed by atoms with E-state index in [0.29, 0.717) is 12.2 Å². The maximum absolute atomic E-state index is 13.1. The van der Waals surface area contributed by atoms with Gasteiger partial charge in [-0.05, 0) is 38.0 Å². The third kappa shape index (κ3) is 12.3. The zero-order valence-electron chi connectivity index (χ0n) is 17.9. The number of rotatable bonds is 4. The van der Waals surface area contributed by atoms with Gasteiger partial charge in [0.2, 0.25) is 0 Å². The number of amides is 1. The Morgan fingerprint density at radius 2 is 1.71 bits per heavy atom. The first-order valence-corrected chi connectivity index (χ1v) is 9.66. The molecule has 0 bridgehead atoms. The van der Waals surface area contributed by atoms with Crippen molar-refractivity contribution in [2.24, 2.45) is 5.73 Å². The van der Waals surface area contributed by atoms with Gasteiger partial charge < -0.3 is 30.5 Å². The lowest BCUT2D eigenvalue weighted by molar-refractivity contribution is -0.924. The highest BCUT2D eigenvalue weighted by atomic mass is 19.4. The van der Waals surface area contributed by atoms with Gasteiger partial charge in [0, 0.05) is 5.69 Å². The van der Waals surface area contributed by atoms with Crippen LogP contribution in [0, 0.1) is 5.82 Å². The molecule has 1 heterocycles. The lowest BCUT2D eigenvalue weighted by Crippen LogP contribution is -2.60. The number of carbonyl (C=O) groups is 3. The molecule has 0 saturated carbocycles. The third-order valence-electron chi connectivity index (χ3n) is 4.56. The molecular weight excluding hydrogens is 483 g/mol. The van der Waals surface area contributed by atoms with Crippen molar-refractivity contribution in [1.29, 1.82) is 0 Å². The topological polar surface area (TPSA) is 133 Å². The Morgan fingerprint density at radius 1 is 1.18 bits per heavy atom. The van der Waals surface area contributed by atoms with Crippen LogP contribution in [0.1, 0.15) is 19.8 Å². The lowest BCUT2D eigenvalue weighted by atomic mass is 10.0. The van der Waals surface area contributed by atoms with Gasteiger partial charge >= 0.3 is 18.3 Å². The van der Waals surface area contributed by atoms with Gasteiger partial charge in [-0.2, -0.15) is 26.3 Å². The van der Waals surface area contributed by atoms with E-state index in [9.17, 15) is 35.5 Å². The van der Waals surface area contributed by atoms with Crippen LogP contribution in [0.15, 0.2) is 24.3 Å². The van der Waals surface area contributed by atoms with Gasteiger partial charge in [0.05, 0.1) is 25.7 Å². The smallest absolute Gasteiger partial charge is 0.490 e. The van der Waals surface area contributed by atoms with Crippen LogP contribution in [-0.4, -0.2) is 72.0 Å². The fourth-order valence-electron chi connectivity index (χ4n) is 2.98. The number of carboxylic acids is 2. The minimum Gasteiger partial charge on any atom is -0.542 e. The van der Waals surface area contributed by atoms with Gasteiger partial charge in [-0.3, -0.25) is 4.79 Å². The van der Waals surface area contributed by atoms with Crippen molar-refractivity contribution < 1.29 is 59.8 Å². The minimum atomic E-state index is -5.19. The van der Waals surface area contributed by atoms with E-state index < -0.39 is 24.3 Å². The number of benzene rings is 1. The molecule has 2 atom stereocenters. The number of quaternary nitrogens is 1. The molecule has 15 heteroatoms. The van der Waals surface area contributed by atoms with Gasteiger partial charge in [0.15, 0.2) is 6.54 Å². The minimum absolute atomic E-state index is 0.0773. The molecule has 1 aliphatic rings. The molecule has 0 aromatic heterocycles. The maximum atomic E-state index is 13.1. The van der Waals surface area contributed by atoms with Crippen molar-refractivity contribution >= 4 is 23.5 Å². The van der Waals surface area contributed by atoms with Crippen molar-refractivity contribution in [3.8, 4) is 0 Å². The predicted molar refractivity (Wildman–Crippen MR) is 102 cm³/mol. The number of nitrogens with one attached hydrogen (secondary N) is 1. The number of halogens is 7. The number of anilines is 1. The summed E-state index contributed by atoms with van der Waals surface area (Å²) < 4.78 is 77.1. The number of alkyl halides is 6. The monoisotopic (exact) mass is 507 g/mol. The first kappa shape index (κ1) is 31.1. The second-order valence-corrected chi connectivity index (χ2v) is 7.27. The molecule has 2 rings (SSSR count). The molecule has 8 nitrogen and oxygen atoms in total. The van der Waals surface area contributed by atoms with Gasteiger partial charge in [0.25, 0.3) is 5.91 Å². The van der Waals surface area contributed by atoms with Crippen molar-refractivity contribution in [2.45, 2.75) is 38.2 Å². The summed E-state index contributed by atoms with van der Waals surface area (Å²) in [7, 11) is 0. The van der Waals surface area contributed by atoms with Crippen LogP contribution in [0.4, 0.5) is 36.4 Å². The van der Waals surface area contributed by atoms with E-state index in [1.165, 1.54) is 12.1 Å². The largest absolute Gasteiger partial charge is 0.542 e. The van der Waals surface area contributed by atoms with E-state index in [1.807, 2.05) is 0 Å². The fourth-order valence-corrected chi connectivity index (χ4v) is 2.98. The van der Waals surface area contributed by atoms with Gasteiger partial charge in [-0.1, -0.05) is 6.07 Å². The van der Waals surface area contributed by atoms with Crippen LogP contribution < -0.4 is 16.2 Å². The van der Waals surface area contributed by atoms with E-state index in [4.69, 9.17) is 25.5 Å². The Labute approximate surface area is 189 Å². The van der Waals surface area contributed by atoms with Gasteiger partial charge in [0.1, 0.15) is 11.8 Å². The van der Waals surface area contributed by atoms with E-state index in [1.54, 1.807) is 12.1 Å². The molecule has 1 amide bonds. The number of aliphatic carboxylic acids is 2. The molecular formula is C19H24F7N3O5. The van der Waals surface area contributed by atoms with Crippen molar-refractivity contribution in [2.75, 3.05) is 31.5 Å². The summed E-state index contributed by atoms with van der Waals surface area (Å²) in [5, 5.41) is 18.7. The van der Waals surface area contributed by atoms with Crippen LogP contribution in [-0.2, 0) is 14.4 Å². The van der Waals surface area contributed by atoms with Crippen LogP contribution in [0.25, 0.3) is 0 Å². The molecule has 1 aromatic carbocycles. The summed E-state index contributed by atoms with van der Waals surface area (Å²) in [6.45, 7) is 5.21. The number of hydrogen-bond acceptors (Lipinski definition) is 5. The van der Waals surface area contributed by atoms with Gasteiger partial charge in [-0.15, -0.1) is 0 Å². The molecule has 0 aliphatic carbocycles. The SMILES string of the molecule is CC[N+]1(CC(=O)Nc2cccc(F)c2)CCC[C@H](N)C1.O=C(O)C(F)(F)F.O=C([O-])C(F)(F)F. The van der Waals surface area contributed by atoms with E-state index in [-0.39, 0.29) is 17.8 Å². The molecule has 4 N–H and O–H groups in total. The number of carboxylic acid groups (broad SMARTS) is 2. The predicted octanol–water partition coefficient (Wildman–Crippen LogP) is 1.65. The molecule has 34 heavy (non-hydrogen) atoms. The van der Waals surface area contributed by atoms with Crippen LogP contribution in [0.2, 0.25) is 0 Å². The summed E-state index contributed by atoms with van der Waals surface area (Å²) in [5.41, 5.74) is 6.54. The molecule has 1 saturated heterocycles. The average molecular weight is 507 g/mol. The van der Waals surface area contributed by atoms with Crippen LogP contribution in [0.3, 0.4) is 0 Å². The zero-order chi connectivity index (χ0) is 26.7. The second-order valence-electron chi connectivity index (χ2n) is 7.27. The molecule has 0 radical (unpaired) electrons. The van der Waals surface area contributed by atoms with E-state index >= 15 is 0 Å². The molecule has 1 fully saturated rings. The Kier molecular flexibility index (Phi) is 11.9. The third-order valence-corrected chi connectivity index (χ3v) is 4.56. The number of likely N-dealkylation sites (tertiary alicyclic amines) is 1. The zero-order valence-corrected chi connectivity index (χ0v) is 17.9. The second kappa shape index (κ2) is 13.1. The number of nitrogens with zero attached hydrogens (tertiary/aromatic N) is 1. The maximum Gasteiger partial charge on any atom is 0.490 e. The fraction of sp³-hybridized carbons (Fsp3) is 0.526. The number of likely N-dealkylation sites (N-methyl/N-ethyl adjacent to an activating group) is 1. The summed E-state index contributed by atoms with van der Waals surface area (Å²) in [6.07, 6.45) is -8.19. The van der Waals surface area contributed by atoms with Crippen molar-refractivity contribution in [1.82, 2.24) is 0 Å². The van der Waals surface area contributed by atoms with Crippen molar-refractivity contribution in [3.05, 3.63) is 30.1 Å². The number of hydrogen-bond donors (Lipinski definition) is 3. The highest BCUT2D eigenvalue weighted by molar-refractivity contribution is 5.91. The first-order valence-electron chi connectivity index (χ1n) is 9.66. The molecule has 1 unspecified atom stereocenters. The molecule has 1 aromatic rings. The number of carbonyl (C=O) groups excluding carboxylic acids is 2. The van der Waals surface area contributed by atoms with Gasteiger partial charge in [-0.25, -0.2) is 9.18 Å². The van der Waals surface area contributed by atoms with Crippen LogP contribution in [0.5, 0.6) is 0 Å². The highest BCUT2D eigenvalue weighted by Crippen LogP contribution is 2.19. The first-order chi connectivity index (χ1) is 15.4. The Bertz CT molecular complexity index is 809. The Balaban J connectivity index is 0.000000642. The lowest BCUT2D eigenvalue weighted by Gasteiger charge is -2.42. The molecule has 194 valence electrons. The highest BCUT2D eigenvalue weighted by Gasteiger charge is 2.38. The van der Waals surface area contributed by atoms with Crippen LogP contribution >= 0.6 is 0 Å². The molecule has 0 spiro atoms. The Hall–Kier alpha value is -2.94. The van der Waals surface area contributed by atoms with Crippen molar-refractivity contribution in [3.63, 3.8) is 0 Å². The quantitative estimate of drug-likeness (QED) is 0.420. The van der Waals surface area contributed by atoms with E-state index in [2.05, 4.69) is 12.2 Å². The average Bonchev–Trinajstić information content (AvgIpc) is 2.67. The Morgan fingerprint density at radius 3 is 2.09 bits per heavy atom. The van der Waals surface area contributed by atoms with E-state index in [0.717, 1.165) is 37.0 Å². The summed E-state index contributed by atoms with van der Waals surface area (Å²) in [6, 6.07) is 6.14. The standard InChI is InChI=1S/C15H22FN3O.2C2HF3O2/c1-2-19(8-4-6-13(17)10-19)11-15(20)18-14-7-3-5-12(16)9-14;2*3-2(4,5)1(6)7/h3,5,7,9,13H,2,4,6,8,10-11,17H2,1H3;2*(H,6,7)/t13-,19?;;/m0../s1. The normalized spacial score (nSPS) is 20.1. The summed E-state index contributed by atoms with van der Waals surface area (Å²) >= 11 is 0.